The molecule has 0 radical (unpaired) electrons. The van der Waals surface area contributed by atoms with Gasteiger partial charge in [-0.15, -0.1) is 0 Å². The molecule has 1 aromatic heterocycles. The van der Waals surface area contributed by atoms with Crippen molar-refractivity contribution in [2.45, 2.75) is 31.8 Å². The summed E-state index contributed by atoms with van der Waals surface area (Å²) in [6.45, 7) is 2.17. The number of benzene rings is 1. The van der Waals surface area contributed by atoms with Crippen LogP contribution in [0.3, 0.4) is 0 Å². The number of aliphatic hydroxyl groups is 1. The molecule has 1 N–H and O–H groups in total. The molecule has 1 aliphatic carbocycles. The van der Waals surface area contributed by atoms with Gasteiger partial charge in [-0.3, -0.25) is 4.98 Å². The van der Waals surface area contributed by atoms with E-state index in [-0.39, 0.29) is 0 Å². The van der Waals surface area contributed by atoms with Crippen LogP contribution in [0.1, 0.15) is 31.7 Å². The molecule has 1 aliphatic rings. The second-order valence-electron chi connectivity index (χ2n) is 4.99. The van der Waals surface area contributed by atoms with Crippen LogP contribution in [0.4, 0.5) is 0 Å². The van der Waals surface area contributed by atoms with E-state index in [0.717, 1.165) is 35.7 Å². The highest BCUT2D eigenvalue weighted by Crippen LogP contribution is 2.55. The van der Waals surface area contributed by atoms with Crippen LogP contribution < -0.4 is 0 Å². The molecule has 0 saturated heterocycles. The van der Waals surface area contributed by atoms with Crippen molar-refractivity contribution >= 4 is 10.9 Å². The number of aromatic nitrogens is 1. The molecular formula is C15H17NO. The van der Waals surface area contributed by atoms with Crippen LogP contribution in [-0.4, -0.2) is 10.1 Å². The molecule has 1 aromatic carbocycles. The average Bonchev–Trinajstić information content (AvgIpc) is 3.01. The Balaban J connectivity index is 2.07. The van der Waals surface area contributed by atoms with Gasteiger partial charge >= 0.3 is 0 Å². The van der Waals surface area contributed by atoms with Gasteiger partial charge in [-0.05, 0) is 36.5 Å². The molecule has 2 aromatic rings. The fourth-order valence-corrected chi connectivity index (χ4v) is 2.82. The van der Waals surface area contributed by atoms with E-state index in [1.54, 1.807) is 6.20 Å². The molecule has 17 heavy (non-hydrogen) atoms. The smallest absolute Gasteiger partial charge is 0.0936 e. The van der Waals surface area contributed by atoms with Gasteiger partial charge in [0.15, 0.2) is 0 Å². The highest BCUT2D eigenvalue weighted by atomic mass is 16.3. The molecule has 88 valence electrons. The number of nitrogens with zero attached hydrogens (tertiary/aromatic N) is 1. The van der Waals surface area contributed by atoms with Crippen LogP contribution >= 0.6 is 0 Å². The maximum absolute atomic E-state index is 10.7. The second-order valence-corrected chi connectivity index (χ2v) is 4.99. The van der Waals surface area contributed by atoms with Crippen LogP contribution in [0.5, 0.6) is 0 Å². The lowest BCUT2D eigenvalue weighted by atomic mass is 9.99. The predicted octanol–water partition coefficient (Wildman–Crippen LogP) is 3.24. The predicted molar refractivity (Wildman–Crippen MR) is 68.7 cm³/mol. The van der Waals surface area contributed by atoms with Gasteiger partial charge in [0.2, 0.25) is 0 Å². The largest absolute Gasteiger partial charge is 0.385 e. The first-order valence-corrected chi connectivity index (χ1v) is 6.32. The van der Waals surface area contributed by atoms with Crippen LogP contribution in [-0.2, 0) is 5.60 Å². The van der Waals surface area contributed by atoms with E-state index < -0.39 is 5.60 Å². The van der Waals surface area contributed by atoms with E-state index in [1.165, 1.54) is 0 Å². The standard InChI is InChI=1S/C15H17NO/c1-2-5-11-10-15(11,17)13-7-3-8-14-12(13)6-4-9-16-14/h3-4,6-9,11,17H,2,5,10H2,1H3. The van der Waals surface area contributed by atoms with Gasteiger partial charge < -0.3 is 5.11 Å². The topological polar surface area (TPSA) is 33.1 Å². The molecule has 2 heteroatoms. The number of hydrogen-bond donors (Lipinski definition) is 1. The summed E-state index contributed by atoms with van der Waals surface area (Å²) in [7, 11) is 0. The van der Waals surface area contributed by atoms with Crippen molar-refractivity contribution in [3.05, 3.63) is 42.1 Å². The van der Waals surface area contributed by atoms with Crippen LogP contribution in [0.2, 0.25) is 0 Å². The Morgan fingerprint density at radius 2 is 2.24 bits per heavy atom. The van der Waals surface area contributed by atoms with Gasteiger partial charge in [-0.25, -0.2) is 0 Å². The SMILES string of the molecule is CCCC1CC1(O)c1cccc2ncccc12. The van der Waals surface area contributed by atoms with Gasteiger partial charge in [0.1, 0.15) is 0 Å². The third-order valence-corrected chi connectivity index (χ3v) is 3.82. The van der Waals surface area contributed by atoms with E-state index in [9.17, 15) is 5.11 Å². The first-order valence-electron chi connectivity index (χ1n) is 6.32. The third kappa shape index (κ3) is 1.64. The molecule has 0 spiro atoms. The fraction of sp³-hybridized carbons (Fsp3) is 0.400. The maximum Gasteiger partial charge on any atom is 0.0936 e. The molecule has 0 amide bonds. The lowest BCUT2D eigenvalue weighted by molar-refractivity contribution is 0.130. The van der Waals surface area contributed by atoms with Crippen LogP contribution in [0.15, 0.2) is 36.5 Å². The first-order chi connectivity index (χ1) is 8.25. The Bertz CT molecular complexity index is 546. The zero-order chi connectivity index (χ0) is 11.9. The number of rotatable bonds is 3. The van der Waals surface area contributed by atoms with Gasteiger partial charge in [-0.1, -0.05) is 31.5 Å². The van der Waals surface area contributed by atoms with E-state index in [1.807, 2.05) is 24.3 Å². The zero-order valence-corrected chi connectivity index (χ0v) is 10.1. The Labute approximate surface area is 101 Å². The van der Waals surface area contributed by atoms with Crippen molar-refractivity contribution in [1.29, 1.82) is 0 Å². The minimum atomic E-state index is -0.599. The molecule has 1 saturated carbocycles. The van der Waals surface area contributed by atoms with Gasteiger partial charge in [0, 0.05) is 11.6 Å². The van der Waals surface area contributed by atoms with Crippen LogP contribution in [0, 0.1) is 5.92 Å². The summed E-state index contributed by atoms with van der Waals surface area (Å²) in [5.41, 5.74) is 1.43. The monoisotopic (exact) mass is 227 g/mol. The van der Waals surface area contributed by atoms with Crippen molar-refractivity contribution in [2.24, 2.45) is 5.92 Å². The molecular weight excluding hydrogens is 210 g/mol. The third-order valence-electron chi connectivity index (χ3n) is 3.82. The number of hydrogen-bond acceptors (Lipinski definition) is 2. The number of fused-ring (bicyclic) bond motifs is 1. The lowest BCUT2D eigenvalue weighted by Gasteiger charge is -2.13. The molecule has 3 rings (SSSR count). The Morgan fingerprint density at radius 3 is 3.06 bits per heavy atom. The highest BCUT2D eigenvalue weighted by Gasteiger charge is 2.53. The second kappa shape index (κ2) is 3.81. The average molecular weight is 227 g/mol. The summed E-state index contributed by atoms with van der Waals surface area (Å²) in [6.07, 6.45) is 4.94. The Morgan fingerprint density at radius 1 is 1.35 bits per heavy atom. The molecule has 2 atom stereocenters. The molecule has 1 heterocycles. The minimum Gasteiger partial charge on any atom is -0.385 e. The summed E-state index contributed by atoms with van der Waals surface area (Å²) in [4.78, 5) is 4.34. The van der Waals surface area contributed by atoms with Gasteiger partial charge in [0.05, 0.1) is 11.1 Å². The quantitative estimate of drug-likeness (QED) is 0.873. The summed E-state index contributed by atoms with van der Waals surface area (Å²) >= 11 is 0. The summed E-state index contributed by atoms with van der Waals surface area (Å²) < 4.78 is 0. The van der Waals surface area contributed by atoms with E-state index in [4.69, 9.17) is 0 Å². The molecule has 2 nitrogen and oxygen atoms in total. The van der Waals surface area contributed by atoms with E-state index in [2.05, 4.69) is 18.0 Å². The summed E-state index contributed by atoms with van der Waals surface area (Å²) in [5, 5.41) is 11.8. The van der Waals surface area contributed by atoms with Crippen molar-refractivity contribution in [3.8, 4) is 0 Å². The van der Waals surface area contributed by atoms with Crippen molar-refractivity contribution < 1.29 is 5.11 Å². The summed E-state index contributed by atoms with van der Waals surface area (Å²) in [5.74, 6) is 0.429. The molecule has 0 bridgehead atoms. The maximum atomic E-state index is 10.7. The highest BCUT2D eigenvalue weighted by molar-refractivity contribution is 5.83. The van der Waals surface area contributed by atoms with Gasteiger partial charge in [0.25, 0.3) is 0 Å². The van der Waals surface area contributed by atoms with Crippen molar-refractivity contribution in [3.63, 3.8) is 0 Å². The molecule has 1 fully saturated rings. The summed E-state index contributed by atoms with van der Waals surface area (Å²) in [6, 6.07) is 10.0. The number of pyridine rings is 1. The Kier molecular flexibility index (Phi) is 2.40. The first kappa shape index (κ1) is 10.7. The van der Waals surface area contributed by atoms with Crippen molar-refractivity contribution in [2.75, 3.05) is 0 Å². The molecule has 0 aliphatic heterocycles. The van der Waals surface area contributed by atoms with Crippen LogP contribution in [0.25, 0.3) is 10.9 Å². The molecule has 2 unspecified atom stereocenters. The van der Waals surface area contributed by atoms with Gasteiger partial charge in [-0.2, -0.15) is 0 Å². The van der Waals surface area contributed by atoms with E-state index in [0.29, 0.717) is 5.92 Å². The fourth-order valence-electron chi connectivity index (χ4n) is 2.82. The normalized spacial score (nSPS) is 27.3. The Hall–Kier alpha value is -1.41. The minimum absolute atomic E-state index is 0.429. The lowest BCUT2D eigenvalue weighted by Crippen LogP contribution is -2.09. The van der Waals surface area contributed by atoms with Crippen molar-refractivity contribution in [1.82, 2.24) is 4.98 Å². The zero-order valence-electron chi connectivity index (χ0n) is 10.1. The van der Waals surface area contributed by atoms with E-state index >= 15 is 0 Å².